The molecule has 1 aromatic carbocycles. The van der Waals surface area contributed by atoms with Gasteiger partial charge in [0.2, 0.25) is 10.0 Å². The monoisotopic (exact) mass is 372 g/mol. The molecule has 2 N–H and O–H groups in total. The maximum Gasteiger partial charge on any atom is 0.335 e. The number of carboxylic acids is 1. The summed E-state index contributed by atoms with van der Waals surface area (Å²) in [5.41, 5.74) is 1.45. The van der Waals surface area contributed by atoms with Crippen molar-refractivity contribution in [2.75, 3.05) is 32.4 Å². The molecule has 2 rings (SSSR count). The Kier molecular flexibility index (Phi) is 5.35. The maximum absolute atomic E-state index is 12.2. The van der Waals surface area contributed by atoms with E-state index in [2.05, 4.69) is 5.43 Å². The molecule has 25 heavy (non-hydrogen) atoms. The molecule has 136 valence electrons. The van der Waals surface area contributed by atoms with Gasteiger partial charge in [0.15, 0.2) is 0 Å². The number of benzene rings is 1. The van der Waals surface area contributed by atoms with Crippen LogP contribution in [0.3, 0.4) is 0 Å². The molecular formula is C13H16N4O7S. The summed E-state index contributed by atoms with van der Waals surface area (Å²) >= 11 is 0. The second kappa shape index (κ2) is 7.13. The largest absolute Gasteiger partial charge is 0.478 e. The van der Waals surface area contributed by atoms with Gasteiger partial charge in [-0.2, -0.15) is 4.31 Å². The molecule has 0 atom stereocenters. The molecule has 0 bridgehead atoms. The van der Waals surface area contributed by atoms with Crippen molar-refractivity contribution in [1.82, 2.24) is 14.7 Å². The molecule has 1 aromatic rings. The molecule has 0 aromatic heterocycles. The van der Waals surface area contributed by atoms with Crippen LogP contribution in [-0.2, 0) is 10.0 Å². The molecule has 0 unspecified atom stereocenters. The standard InChI is InChI=1S/C13H16N4O7S/c1-25(23,24)16-4-2-15(3-5-16)14-12(18)9-6-10(13(19)20)8-11(7-9)17(21)22/h6-8H,2-5H2,1H3,(H,14,18)(H,19,20). The molecule has 0 radical (unpaired) electrons. The Balaban J connectivity index is 2.11. The van der Waals surface area contributed by atoms with Crippen molar-refractivity contribution in [2.45, 2.75) is 0 Å². The summed E-state index contributed by atoms with van der Waals surface area (Å²) < 4.78 is 24.1. The van der Waals surface area contributed by atoms with Gasteiger partial charge in [0.05, 0.1) is 16.7 Å². The van der Waals surface area contributed by atoms with E-state index in [0.717, 1.165) is 24.5 Å². The summed E-state index contributed by atoms with van der Waals surface area (Å²) in [5.74, 6) is -2.10. The lowest BCUT2D eigenvalue weighted by Gasteiger charge is -2.33. The average Bonchev–Trinajstić information content (AvgIpc) is 2.53. The first-order valence-corrected chi connectivity index (χ1v) is 8.96. The number of amides is 1. The highest BCUT2D eigenvalue weighted by Gasteiger charge is 2.25. The molecule has 0 saturated carbocycles. The lowest BCUT2D eigenvalue weighted by molar-refractivity contribution is -0.384. The highest BCUT2D eigenvalue weighted by molar-refractivity contribution is 7.88. The van der Waals surface area contributed by atoms with Crippen molar-refractivity contribution in [3.63, 3.8) is 0 Å². The fraction of sp³-hybridized carbons (Fsp3) is 0.385. The van der Waals surface area contributed by atoms with Crippen LogP contribution < -0.4 is 5.43 Å². The Labute approximate surface area is 143 Å². The first-order valence-electron chi connectivity index (χ1n) is 7.12. The Bertz CT molecular complexity index is 783. The third kappa shape index (κ3) is 4.71. The first kappa shape index (κ1) is 18.8. The minimum absolute atomic E-state index is 0.169. The van der Waals surface area contributed by atoms with Crippen LogP contribution in [0.15, 0.2) is 18.2 Å². The van der Waals surface area contributed by atoms with Crippen LogP contribution in [-0.4, -0.2) is 72.1 Å². The Morgan fingerprint density at radius 1 is 1.16 bits per heavy atom. The Morgan fingerprint density at radius 3 is 2.20 bits per heavy atom. The number of aromatic carboxylic acids is 1. The van der Waals surface area contributed by atoms with Gasteiger partial charge in [-0.15, -0.1) is 0 Å². The van der Waals surface area contributed by atoms with Gasteiger partial charge in [-0.3, -0.25) is 20.3 Å². The van der Waals surface area contributed by atoms with Crippen LogP contribution in [0.4, 0.5) is 5.69 Å². The summed E-state index contributed by atoms with van der Waals surface area (Å²) in [6, 6.07) is 2.88. The predicted molar refractivity (Wildman–Crippen MR) is 85.5 cm³/mol. The minimum atomic E-state index is -3.31. The van der Waals surface area contributed by atoms with Gasteiger partial charge in [-0.05, 0) is 6.07 Å². The molecule has 1 amide bonds. The van der Waals surface area contributed by atoms with E-state index < -0.39 is 32.5 Å². The molecule has 11 nitrogen and oxygen atoms in total. The van der Waals surface area contributed by atoms with Gasteiger partial charge >= 0.3 is 5.97 Å². The number of hydrogen-bond donors (Lipinski definition) is 2. The SMILES string of the molecule is CS(=O)(=O)N1CCN(NC(=O)c2cc(C(=O)O)cc([N+](=O)[O-])c2)CC1. The van der Waals surface area contributed by atoms with E-state index in [9.17, 15) is 28.1 Å². The van der Waals surface area contributed by atoms with Gasteiger partial charge in [0.1, 0.15) is 0 Å². The number of piperazine rings is 1. The van der Waals surface area contributed by atoms with E-state index in [1.165, 1.54) is 9.31 Å². The number of rotatable bonds is 5. The van der Waals surface area contributed by atoms with E-state index >= 15 is 0 Å². The zero-order valence-corrected chi connectivity index (χ0v) is 14.0. The van der Waals surface area contributed by atoms with Crippen molar-refractivity contribution >= 4 is 27.6 Å². The van der Waals surface area contributed by atoms with Crippen LogP contribution in [0, 0.1) is 10.1 Å². The first-order chi connectivity index (χ1) is 11.6. The van der Waals surface area contributed by atoms with Crippen molar-refractivity contribution in [2.24, 2.45) is 0 Å². The van der Waals surface area contributed by atoms with Crippen LogP contribution in [0.1, 0.15) is 20.7 Å². The number of nitro groups is 1. The van der Waals surface area contributed by atoms with E-state index in [1.54, 1.807) is 0 Å². The molecule has 1 heterocycles. The summed E-state index contributed by atoms with van der Waals surface area (Å²) in [4.78, 5) is 33.4. The lowest BCUT2D eigenvalue weighted by Crippen LogP contribution is -2.54. The molecule has 12 heteroatoms. The van der Waals surface area contributed by atoms with Crippen LogP contribution >= 0.6 is 0 Å². The van der Waals surface area contributed by atoms with Gasteiger partial charge in [0.25, 0.3) is 11.6 Å². The summed E-state index contributed by atoms with van der Waals surface area (Å²) in [5, 5.41) is 21.4. The predicted octanol–water partition coefficient (Wildman–Crippen LogP) is -0.485. The molecule has 0 spiro atoms. The van der Waals surface area contributed by atoms with Crippen LogP contribution in [0.2, 0.25) is 0 Å². The Hall–Kier alpha value is -2.57. The van der Waals surface area contributed by atoms with E-state index in [1.807, 2.05) is 0 Å². The number of nitrogens with one attached hydrogen (secondary N) is 1. The zero-order valence-electron chi connectivity index (χ0n) is 13.2. The molecule has 1 saturated heterocycles. The van der Waals surface area contributed by atoms with Crippen molar-refractivity contribution < 1.29 is 28.0 Å². The molecule has 0 aliphatic carbocycles. The fourth-order valence-corrected chi connectivity index (χ4v) is 3.14. The fourth-order valence-electron chi connectivity index (χ4n) is 2.31. The van der Waals surface area contributed by atoms with Gasteiger partial charge in [-0.25, -0.2) is 18.2 Å². The molecular weight excluding hydrogens is 356 g/mol. The van der Waals surface area contributed by atoms with Gasteiger partial charge in [-0.1, -0.05) is 0 Å². The summed E-state index contributed by atoms with van der Waals surface area (Å²) in [7, 11) is -3.31. The van der Waals surface area contributed by atoms with Crippen LogP contribution in [0.25, 0.3) is 0 Å². The number of carbonyl (C=O) groups is 2. The molecule has 1 aliphatic rings. The zero-order chi connectivity index (χ0) is 18.8. The third-order valence-electron chi connectivity index (χ3n) is 3.61. The number of hydrogen-bond acceptors (Lipinski definition) is 7. The van der Waals surface area contributed by atoms with Gasteiger partial charge < -0.3 is 5.11 Å². The second-order valence-electron chi connectivity index (χ2n) is 5.42. The van der Waals surface area contributed by atoms with Crippen molar-refractivity contribution in [3.8, 4) is 0 Å². The van der Waals surface area contributed by atoms with Gasteiger partial charge in [0, 0.05) is 43.9 Å². The second-order valence-corrected chi connectivity index (χ2v) is 7.40. The van der Waals surface area contributed by atoms with Crippen molar-refractivity contribution in [3.05, 3.63) is 39.4 Å². The number of carboxylic acid groups (broad SMARTS) is 1. The maximum atomic E-state index is 12.2. The summed E-state index contributed by atoms with van der Waals surface area (Å²) in [6.45, 7) is 0.849. The van der Waals surface area contributed by atoms with E-state index in [4.69, 9.17) is 5.11 Å². The normalized spacial score (nSPS) is 16.4. The van der Waals surface area contributed by atoms with Crippen LogP contribution in [0.5, 0.6) is 0 Å². The van der Waals surface area contributed by atoms with E-state index in [-0.39, 0.29) is 37.3 Å². The minimum Gasteiger partial charge on any atom is -0.478 e. The number of nitrogens with zero attached hydrogens (tertiary/aromatic N) is 3. The highest BCUT2D eigenvalue weighted by atomic mass is 32.2. The number of non-ortho nitro benzene ring substituents is 1. The smallest absolute Gasteiger partial charge is 0.335 e. The molecule has 1 aliphatic heterocycles. The topological polar surface area (TPSA) is 150 Å². The van der Waals surface area contributed by atoms with E-state index in [0.29, 0.717) is 0 Å². The number of carbonyl (C=O) groups excluding carboxylic acids is 1. The number of nitro benzene ring substituents is 1. The summed E-state index contributed by atoms with van der Waals surface area (Å²) in [6.07, 6.45) is 1.10. The third-order valence-corrected chi connectivity index (χ3v) is 4.91. The number of hydrazine groups is 1. The van der Waals surface area contributed by atoms with Crippen molar-refractivity contribution in [1.29, 1.82) is 0 Å². The molecule has 1 fully saturated rings. The highest BCUT2D eigenvalue weighted by Crippen LogP contribution is 2.18. The lowest BCUT2D eigenvalue weighted by atomic mass is 10.1. The average molecular weight is 372 g/mol. The Morgan fingerprint density at radius 2 is 1.72 bits per heavy atom. The quantitative estimate of drug-likeness (QED) is 0.519. The number of sulfonamides is 1.